The summed E-state index contributed by atoms with van der Waals surface area (Å²) in [5.41, 5.74) is 0.0585. The Labute approximate surface area is 343 Å². The smallest absolute Gasteiger partial charge is 0.310 e. The maximum absolute atomic E-state index is 14.4. The summed E-state index contributed by atoms with van der Waals surface area (Å²) in [6.07, 6.45) is 13.7. The predicted octanol–water partition coefficient (Wildman–Crippen LogP) is 9.90. The minimum atomic E-state index is -0.851. The number of esters is 1. The molecule has 6 saturated carbocycles. The summed E-state index contributed by atoms with van der Waals surface area (Å²) in [7, 11) is 0. The Kier molecular flexibility index (Phi) is 10.7. The molecule has 57 heavy (non-hydrogen) atoms. The molecule has 0 aliphatic heterocycles. The topological polar surface area (TPSA) is 116 Å². The van der Waals surface area contributed by atoms with E-state index in [0.29, 0.717) is 31.1 Å². The van der Waals surface area contributed by atoms with E-state index >= 15 is 0 Å². The number of amides is 1. The normalized spacial score (nSPS) is 41.2. The van der Waals surface area contributed by atoms with Gasteiger partial charge < -0.3 is 14.8 Å². The van der Waals surface area contributed by atoms with Crippen molar-refractivity contribution in [3.05, 3.63) is 11.1 Å². The molecule has 0 heterocycles. The van der Waals surface area contributed by atoms with Gasteiger partial charge in [0.25, 0.3) is 6.47 Å². The lowest BCUT2D eigenvalue weighted by Gasteiger charge is -2.72. The van der Waals surface area contributed by atoms with Gasteiger partial charge in [0, 0.05) is 29.6 Å². The number of hydrogen-bond donors (Lipinski definition) is 1. The van der Waals surface area contributed by atoms with Crippen molar-refractivity contribution in [2.45, 2.75) is 197 Å². The molecular formula is C49H75NO7. The Hall–Kier alpha value is -2.51. The predicted molar refractivity (Wildman–Crippen MR) is 221 cm³/mol. The van der Waals surface area contributed by atoms with Gasteiger partial charge in [-0.3, -0.25) is 24.0 Å². The molecular weight excluding hydrogens is 715 g/mol. The third-order valence-electron chi connectivity index (χ3n) is 19.0. The number of ether oxygens (including phenoxy) is 2. The van der Waals surface area contributed by atoms with Gasteiger partial charge in [0.2, 0.25) is 5.91 Å². The third-order valence-corrected chi connectivity index (χ3v) is 19.0. The lowest BCUT2D eigenvalue weighted by Crippen LogP contribution is -2.67. The van der Waals surface area contributed by atoms with Gasteiger partial charge in [-0.1, -0.05) is 95.4 Å². The number of Topliss-reactive ketones (excluding diaryl/α,β-unsaturated/α-hetero) is 2. The first-order valence-corrected chi connectivity index (χ1v) is 22.9. The SMILES string of the molecule is CC(C)C1=C2[C@H]3CC[C@@H]4[C@@]5(C)CC[C@H](OC(=O)[C@H]6C[C@@H](OC=O)C6(C)C)C(C)(C)[C@@H]5CC[C@@]4(C)[C@]3(C)CC[C@@]2(NC(=O)C(C)(C)CC(=O)C2CCCCC2)CC1=O. The first-order chi connectivity index (χ1) is 26.5. The van der Waals surface area contributed by atoms with E-state index < -0.39 is 16.4 Å². The molecule has 8 nitrogen and oxygen atoms in total. The van der Waals surface area contributed by atoms with Gasteiger partial charge in [-0.15, -0.1) is 0 Å². The van der Waals surface area contributed by atoms with Gasteiger partial charge in [-0.25, -0.2) is 0 Å². The average molecular weight is 790 g/mol. The summed E-state index contributed by atoms with van der Waals surface area (Å²) in [4.78, 5) is 66.8. The van der Waals surface area contributed by atoms with Crippen molar-refractivity contribution < 1.29 is 33.4 Å². The number of ketones is 2. The van der Waals surface area contributed by atoms with Gasteiger partial charge in [-0.2, -0.15) is 0 Å². The summed E-state index contributed by atoms with van der Waals surface area (Å²) >= 11 is 0. The molecule has 10 atom stereocenters. The highest BCUT2D eigenvalue weighted by Gasteiger charge is 2.70. The van der Waals surface area contributed by atoms with Gasteiger partial charge in [0.1, 0.15) is 18.0 Å². The van der Waals surface area contributed by atoms with Gasteiger partial charge in [0.05, 0.1) is 16.9 Å². The van der Waals surface area contributed by atoms with Crippen molar-refractivity contribution in [1.29, 1.82) is 0 Å². The fraction of sp³-hybridized carbons (Fsp3) is 0.857. The summed E-state index contributed by atoms with van der Waals surface area (Å²) in [5, 5.41) is 3.57. The number of carbonyl (C=O) groups is 5. The number of fused-ring (bicyclic) bond motifs is 7. The van der Waals surface area contributed by atoms with Crippen LogP contribution in [0.2, 0.25) is 0 Å². The zero-order valence-electron chi connectivity index (χ0n) is 37.4. The summed E-state index contributed by atoms with van der Waals surface area (Å²) in [5.74, 6) is 1.11. The van der Waals surface area contributed by atoms with Crippen molar-refractivity contribution in [3.63, 3.8) is 0 Å². The standard InChI is InChI=1S/C49H75NO7/c1-29(2)39-34(53)27-49(50-42(55)43(3,4)26-33(52)30-15-13-12-14-16-30)24-23-47(10)31(40(39)49)17-18-36-46(9)21-20-37(45(7,8)35(46)19-22-48(36,47)11)57-41(54)32-25-38(56-28-51)44(32,5)6/h28-32,35-38H,12-27H2,1-11H3,(H,50,55)/t31-,32-,35+,36-,37+,38-,46+,47-,48-,49-/m1/s1. The Morgan fingerprint density at radius 3 is 2.12 bits per heavy atom. The van der Waals surface area contributed by atoms with Crippen LogP contribution >= 0.6 is 0 Å². The van der Waals surface area contributed by atoms with Gasteiger partial charge in [-0.05, 0) is 122 Å². The lowest BCUT2D eigenvalue weighted by molar-refractivity contribution is -0.236. The van der Waals surface area contributed by atoms with Crippen LogP contribution in [0.1, 0.15) is 179 Å². The monoisotopic (exact) mass is 790 g/mol. The molecule has 8 heteroatoms. The van der Waals surface area contributed by atoms with Crippen LogP contribution in [0.5, 0.6) is 0 Å². The largest absolute Gasteiger partial charge is 0.464 e. The van der Waals surface area contributed by atoms with Crippen LogP contribution in [0.4, 0.5) is 0 Å². The second-order valence-corrected chi connectivity index (χ2v) is 23.2. The molecule has 0 bridgehead atoms. The molecule has 1 amide bonds. The first-order valence-electron chi connectivity index (χ1n) is 22.9. The molecule has 0 unspecified atom stereocenters. The highest BCUT2D eigenvalue weighted by Crippen LogP contribution is 2.76. The van der Waals surface area contributed by atoms with Crippen molar-refractivity contribution in [2.75, 3.05) is 0 Å². The highest BCUT2D eigenvalue weighted by atomic mass is 16.6. The Morgan fingerprint density at radius 1 is 0.807 bits per heavy atom. The summed E-state index contributed by atoms with van der Waals surface area (Å²) in [6, 6.07) is 0. The number of carbonyl (C=O) groups excluding carboxylic acids is 5. The zero-order chi connectivity index (χ0) is 41.7. The molecule has 0 aromatic heterocycles. The average Bonchev–Trinajstić information content (AvgIpc) is 3.43. The van der Waals surface area contributed by atoms with Crippen molar-refractivity contribution in [1.82, 2.24) is 5.32 Å². The van der Waals surface area contributed by atoms with Crippen LogP contribution in [0.25, 0.3) is 0 Å². The molecule has 6 fully saturated rings. The van der Waals surface area contributed by atoms with Crippen LogP contribution < -0.4 is 5.32 Å². The van der Waals surface area contributed by atoms with E-state index in [0.717, 1.165) is 82.6 Å². The molecule has 0 aromatic carbocycles. The quantitative estimate of drug-likeness (QED) is 0.173. The molecule has 0 saturated heterocycles. The summed E-state index contributed by atoms with van der Waals surface area (Å²) in [6.45, 7) is 24.9. The van der Waals surface area contributed by atoms with Crippen molar-refractivity contribution in [2.24, 2.45) is 68.0 Å². The van der Waals surface area contributed by atoms with Crippen LogP contribution in [0.15, 0.2) is 11.1 Å². The molecule has 7 aliphatic rings. The van der Waals surface area contributed by atoms with Crippen molar-refractivity contribution >= 4 is 29.9 Å². The zero-order valence-corrected chi connectivity index (χ0v) is 37.4. The lowest BCUT2D eigenvalue weighted by atomic mass is 9.33. The minimum Gasteiger partial charge on any atom is -0.464 e. The highest BCUT2D eigenvalue weighted by molar-refractivity contribution is 6.02. The van der Waals surface area contributed by atoms with Crippen LogP contribution in [0, 0.1) is 68.0 Å². The molecule has 0 spiro atoms. The fourth-order valence-corrected chi connectivity index (χ4v) is 15.2. The number of rotatable bonds is 10. The Morgan fingerprint density at radius 2 is 1.49 bits per heavy atom. The van der Waals surface area contributed by atoms with Crippen molar-refractivity contribution in [3.8, 4) is 0 Å². The second-order valence-electron chi connectivity index (χ2n) is 23.2. The number of nitrogens with one attached hydrogen (secondary N) is 1. The molecule has 1 N–H and O–H groups in total. The van der Waals surface area contributed by atoms with E-state index in [-0.39, 0.29) is 87.4 Å². The van der Waals surface area contributed by atoms with Crippen LogP contribution in [-0.4, -0.2) is 47.7 Å². The van der Waals surface area contributed by atoms with Crippen LogP contribution in [0.3, 0.4) is 0 Å². The van der Waals surface area contributed by atoms with Gasteiger partial charge in [0.15, 0.2) is 5.78 Å². The molecule has 7 aliphatic carbocycles. The maximum atomic E-state index is 14.4. The second kappa shape index (κ2) is 14.3. The number of hydrogen-bond acceptors (Lipinski definition) is 7. The maximum Gasteiger partial charge on any atom is 0.310 e. The van der Waals surface area contributed by atoms with E-state index in [1.807, 2.05) is 27.7 Å². The fourth-order valence-electron chi connectivity index (χ4n) is 15.2. The van der Waals surface area contributed by atoms with Gasteiger partial charge >= 0.3 is 5.97 Å². The molecule has 0 aromatic rings. The molecule has 7 rings (SSSR count). The first kappa shape index (κ1) is 42.6. The van der Waals surface area contributed by atoms with E-state index in [1.165, 1.54) is 12.0 Å². The summed E-state index contributed by atoms with van der Waals surface area (Å²) < 4.78 is 11.7. The molecule has 0 radical (unpaired) electrons. The molecule has 318 valence electrons. The van der Waals surface area contributed by atoms with Crippen LogP contribution in [-0.2, 0) is 33.4 Å². The van der Waals surface area contributed by atoms with E-state index in [4.69, 9.17) is 9.47 Å². The van der Waals surface area contributed by atoms with E-state index in [9.17, 15) is 24.0 Å². The Bertz CT molecular complexity index is 1700. The van der Waals surface area contributed by atoms with E-state index in [2.05, 4.69) is 53.8 Å². The Balaban J connectivity index is 1.12. The third kappa shape index (κ3) is 6.43. The van der Waals surface area contributed by atoms with E-state index in [1.54, 1.807) is 0 Å². The number of allylic oxidation sites excluding steroid dienone is 1. The minimum absolute atomic E-state index is 0.0346.